The monoisotopic (exact) mass is 386 g/mol. The second-order valence-corrected chi connectivity index (χ2v) is 7.98. The van der Waals surface area contributed by atoms with Gasteiger partial charge in [0.05, 0.1) is 0 Å². The number of ketones is 2. The minimum atomic E-state index is -0.814. The maximum Gasteiger partial charge on any atom is 0.148 e. The molecule has 2 fully saturated rings. The van der Waals surface area contributed by atoms with Crippen LogP contribution in [0.1, 0.15) is 37.2 Å². The summed E-state index contributed by atoms with van der Waals surface area (Å²) in [6.07, 6.45) is 2.29. The molecule has 0 radical (unpaired) electrons. The second-order valence-electron chi connectivity index (χ2n) is 7.57. The fourth-order valence-electron chi connectivity index (χ4n) is 4.28. The Morgan fingerprint density at radius 1 is 0.926 bits per heavy atom. The lowest BCUT2D eigenvalue weighted by Gasteiger charge is -2.41. The molecule has 0 atom stereocenters. The van der Waals surface area contributed by atoms with Gasteiger partial charge in [0.1, 0.15) is 23.3 Å². The first-order chi connectivity index (χ1) is 13.0. The summed E-state index contributed by atoms with van der Waals surface area (Å²) >= 11 is 6.37. The highest BCUT2D eigenvalue weighted by Gasteiger charge is 2.46. The topological polar surface area (TPSA) is 43.4 Å². The molecule has 1 heterocycles. The number of carbonyl (C=O) groups is 2. The fraction of sp³-hybridized carbons (Fsp3) is 0.364. The molecule has 2 aromatic rings. The molecule has 2 aromatic carbocycles. The van der Waals surface area contributed by atoms with Crippen LogP contribution in [0.5, 0.6) is 0 Å². The predicted molar refractivity (Wildman–Crippen MR) is 101 cm³/mol. The second kappa shape index (κ2) is 7.17. The van der Waals surface area contributed by atoms with E-state index in [1.807, 2.05) is 6.07 Å². The van der Waals surface area contributed by atoms with Crippen molar-refractivity contribution in [1.29, 1.82) is 0 Å². The molecule has 0 aromatic heterocycles. The predicted octanol–water partition coefficient (Wildman–Crippen LogP) is 4.96. The van der Waals surface area contributed by atoms with Crippen LogP contribution in [-0.2, 0) is 14.3 Å². The molecule has 5 heteroatoms. The molecule has 0 bridgehead atoms. The number of Topliss-reactive ketones (excluding diaryl/α,β-unsaturated/α-hetero) is 2. The van der Waals surface area contributed by atoms with E-state index in [1.54, 1.807) is 24.3 Å². The highest BCUT2D eigenvalue weighted by molar-refractivity contribution is 6.32. The van der Waals surface area contributed by atoms with E-state index in [2.05, 4.69) is 0 Å². The molecular formula is C22H20ClFO3. The molecule has 2 aliphatic rings. The van der Waals surface area contributed by atoms with Crippen LogP contribution in [0.25, 0.3) is 11.1 Å². The van der Waals surface area contributed by atoms with E-state index in [1.165, 1.54) is 12.1 Å². The van der Waals surface area contributed by atoms with Crippen LogP contribution < -0.4 is 0 Å². The largest absolute Gasteiger partial charge is 0.381 e. The van der Waals surface area contributed by atoms with Gasteiger partial charge in [0.2, 0.25) is 0 Å². The number of carbonyl (C=O) groups excluding carboxylic acids is 2. The lowest BCUT2D eigenvalue weighted by molar-refractivity contribution is -0.139. The summed E-state index contributed by atoms with van der Waals surface area (Å²) in [5.41, 5.74) is 1.92. The molecule has 0 N–H and O–H groups in total. The lowest BCUT2D eigenvalue weighted by Crippen LogP contribution is -2.42. The van der Waals surface area contributed by atoms with Crippen molar-refractivity contribution in [2.75, 3.05) is 13.2 Å². The zero-order valence-electron chi connectivity index (χ0n) is 14.8. The van der Waals surface area contributed by atoms with Gasteiger partial charge in [0.25, 0.3) is 0 Å². The van der Waals surface area contributed by atoms with E-state index in [-0.39, 0.29) is 22.8 Å². The number of hydrogen-bond acceptors (Lipinski definition) is 3. The van der Waals surface area contributed by atoms with Gasteiger partial charge in [-0.2, -0.15) is 0 Å². The summed E-state index contributed by atoms with van der Waals surface area (Å²) in [5, 5.41) is 0.412. The van der Waals surface area contributed by atoms with Gasteiger partial charge in [-0.1, -0.05) is 29.8 Å². The number of rotatable bonds is 2. The van der Waals surface area contributed by atoms with Crippen LogP contribution in [0.3, 0.4) is 0 Å². The molecule has 4 rings (SSSR count). The van der Waals surface area contributed by atoms with Crippen LogP contribution in [-0.4, -0.2) is 24.8 Å². The summed E-state index contributed by atoms with van der Waals surface area (Å²) in [5.74, 6) is -1.25. The zero-order chi connectivity index (χ0) is 19.0. The van der Waals surface area contributed by atoms with Crippen LogP contribution >= 0.6 is 11.6 Å². The van der Waals surface area contributed by atoms with Gasteiger partial charge in [-0.05, 0) is 59.2 Å². The lowest BCUT2D eigenvalue weighted by atomic mass is 9.64. The van der Waals surface area contributed by atoms with Gasteiger partial charge >= 0.3 is 0 Å². The van der Waals surface area contributed by atoms with Crippen molar-refractivity contribution in [2.45, 2.75) is 31.6 Å². The van der Waals surface area contributed by atoms with Crippen molar-refractivity contribution in [2.24, 2.45) is 5.41 Å². The summed E-state index contributed by atoms with van der Waals surface area (Å²) in [7, 11) is 0. The van der Waals surface area contributed by atoms with E-state index >= 15 is 0 Å². The molecule has 140 valence electrons. The minimum Gasteiger partial charge on any atom is -0.381 e. The Morgan fingerprint density at radius 3 is 2.15 bits per heavy atom. The van der Waals surface area contributed by atoms with Crippen LogP contribution in [0, 0.1) is 11.2 Å². The van der Waals surface area contributed by atoms with Gasteiger partial charge in [-0.15, -0.1) is 0 Å². The van der Waals surface area contributed by atoms with Gasteiger partial charge in [0.15, 0.2) is 0 Å². The SMILES string of the molecule is O=C1CC2(CCOCC2)CC(=O)C1c1cc(-c2ccc(F)cc2)ccc1Cl. The smallest absolute Gasteiger partial charge is 0.148 e. The maximum atomic E-state index is 13.2. The van der Waals surface area contributed by atoms with E-state index in [0.29, 0.717) is 36.6 Å². The molecule has 27 heavy (non-hydrogen) atoms. The van der Waals surface area contributed by atoms with Crippen molar-refractivity contribution in [1.82, 2.24) is 0 Å². The average molecular weight is 387 g/mol. The van der Waals surface area contributed by atoms with Crippen molar-refractivity contribution >= 4 is 23.2 Å². The number of ether oxygens (including phenoxy) is 1. The highest BCUT2D eigenvalue weighted by atomic mass is 35.5. The Kier molecular flexibility index (Phi) is 4.87. The summed E-state index contributed by atoms with van der Waals surface area (Å²) in [6, 6.07) is 11.4. The third kappa shape index (κ3) is 3.56. The Bertz CT molecular complexity index is 865. The number of halogens is 2. The van der Waals surface area contributed by atoms with E-state index < -0.39 is 5.92 Å². The molecule has 1 spiro atoms. The molecule has 1 saturated heterocycles. The van der Waals surface area contributed by atoms with Gasteiger partial charge < -0.3 is 4.74 Å². The standard InChI is InChI=1S/C22H20ClFO3/c23-18-6-3-15(14-1-4-16(24)5-2-14)11-17(18)21-19(25)12-22(13-20(21)26)7-9-27-10-8-22/h1-6,11,21H,7-10,12-13H2. The average Bonchev–Trinajstić information content (AvgIpc) is 2.64. The van der Waals surface area contributed by atoms with Gasteiger partial charge in [-0.3, -0.25) is 9.59 Å². The molecule has 0 unspecified atom stereocenters. The summed E-state index contributed by atoms with van der Waals surface area (Å²) in [4.78, 5) is 25.9. The molecular weight excluding hydrogens is 367 g/mol. The van der Waals surface area contributed by atoms with Crippen LogP contribution in [0.4, 0.5) is 4.39 Å². The first-order valence-electron chi connectivity index (χ1n) is 9.16. The first-order valence-corrected chi connectivity index (χ1v) is 9.54. The van der Waals surface area contributed by atoms with E-state index in [0.717, 1.165) is 24.0 Å². The van der Waals surface area contributed by atoms with E-state index in [4.69, 9.17) is 16.3 Å². The molecule has 1 aliphatic carbocycles. The van der Waals surface area contributed by atoms with E-state index in [9.17, 15) is 14.0 Å². The number of benzene rings is 2. The van der Waals surface area contributed by atoms with Crippen molar-refractivity contribution in [3.8, 4) is 11.1 Å². The highest BCUT2D eigenvalue weighted by Crippen LogP contribution is 2.46. The fourth-order valence-corrected chi connectivity index (χ4v) is 4.50. The molecule has 0 amide bonds. The van der Waals surface area contributed by atoms with Crippen LogP contribution in [0.15, 0.2) is 42.5 Å². The van der Waals surface area contributed by atoms with Crippen molar-refractivity contribution in [3.05, 3.63) is 58.9 Å². The third-order valence-corrected chi connectivity index (χ3v) is 6.12. The quantitative estimate of drug-likeness (QED) is 0.685. The minimum absolute atomic E-state index is 0.0636. The Hall–Kier alpha value is -2.04. The molecule has 1 aliphatic heterocycles. The van der Waals surface area contributed by atoms with Crippen molar-refractivity contribution in [3.63, 3.8) is 0 Å². The Balaban J connectivity index is 1.66. The van der Waals surface area contributed by atoms with Gasteiger partial charge in [-0.25, -0.2) is 4.39 Å². The normalized spacial score (nSPS) is 20.2. The first kappa shape index (κ1) is 18.3. The third-order valence-electron chi connectivity index (χ3n) is 5.78. The number of hydrogen-bond donors (Lipinski definition) is 0. The zero-order valence-corrected chi connectivity index (χ0v) is 15.6. The Morgan fingerprint density at radius 2 is 1.52 bits per heavy atom. The van der Waals surface area contributed by atoms with Crippen LogP contribution in [0.2, 0.25) is 5.02 Å². The maximum absolute atomic E-state index is 13.2. The molecule has 1 saturated carbocycles. The Labute approximate surface area is 162 Å². The summed E-state index contributed by atoms with van der Waals surface area (Å²) in [6.45, 7) is 1.21. The molecule has 3 nitrogen and oxygen atoms in total. The van der Waals surface area contributed by atoms with Gasteiger partial charge in [0, 0.05) is 31.1 Å². The summed E-state index contributed by atoms with van der Waals surface area (Å²) < 4.78 is 18.6. The van der Waals surface area contributed by atoms with Crippen molar-refractivity contribution < 1.29 is 18.7 Å².